The lowest BCUT2D eigenvalue weighted by Crippen LogP contribution is -2.41. The minimum Gasteiger partial charge on any atom is -0.315 e. The maximum absolute atomic E-state index is 13.4. The summed E-state index contributed by atoms with van der Waals surface area (Å²) in [5.74, 6) is 0.804. The van der Waals surface area contributed by atoms with Crippen molar-refractivity contribution in [3.8, 4) is 5.69 Å². The Kier molecular flexibility index (Phi) is 9.02. The lowest BCUT2D eigenvalue weighted by molar-refractivity contribution is -0.116. The number of amides is 3. The van der Waals surface area contributed by atoms with Crippen LogP contribution in [0.15, 0.2) is 48.5 Å². The molecule has 0 bridgehead atoms. The number of aromatic nitrogens is 2. The van der Waals surface area contributed by atoms with Gasteiger partial charge in [-0.3, -0.25) is 4.79 Å². The van der Waals surface area contributed by atoms with Crippen molar-refractivity contribution in [1.29, 1.82) is 0 Å². The van der Waals surface area contributed by atoms with Gasteiger partial charge in [0.25, 0.3) is 0 Å². The molecule has 0 aliphatic rings. The van der Waals surface area contributed by atoms with Gasteiger partial charge in [-0.2, -0.15) is 5.10 Å². The average molecular weight is 518 g/mol. The van der Waals surface area contributed by atoms with Crippen molar-refractivity contribution < 1.29 is 9.59 Å². The van der Waals surface area contributed by atoms with E-state index in [9.17, 15) is 9.59 Å². The Morgan fingerprint density at radius 1 is 0.947 bits per heavy atom. The zero-order chi connectivity index (χ0) is 28.2. The largest absolute Gasteiger partial charge is 0.322 e. The molecule has 0 spiro atoms. The Labute approximate surface area is 227 Å². The second-order valence-corrected chi connectivity index (χ2v) is 11.5. The van der Waals surface area contributed by atoms with Crippen molar-refractivity contribution in [2.75, 3.05) is 23.7 Å². The van der Waals surface area contributed by atoms with Gasteiger partial charge in [-0.1, -0.05) is 84.9 Å². The van der Waals surface area contributed by atoms with Gasteiger partial charge in [-0.25, -0.2) is 9.48 Å². The van der Waals surface area contributed by atoms with E-state index in [0.717, 1.165) is 33.8 Å². The van der Waals surface area contributed by atoms with Crippen LogP contribution in [0, 0.1) is 6.92 Å². The molecule has 2 N–H and O–H groups in total. The number of rotatable bonds is 8. The minimum atomic E-state index is -0.291. The predicted molar refractivity (Wildman–Crippen MR) is 157 cm³/mol. The minimum absolute atomic E-state index is 0.0764. The molecule has 3 amide bonds. The second kappa shape index (κ2) is 11.8. The van der Waals surface area contributed by atoms with Gasteiger partial charge < -0.3 is 15.5 Å². The fraction of sp³-hybridized carbons (Fsp3) is 0.452. The Balaban J connectivity index is 1.84. The van der Waals surface area contributed by atoms with Crippen LogP contribution in [0.1, 0.15) is 89.6 Å². The molecule has 3 aromatic rings. The molecule has 3 rings (SSSR count). The maximum Gasteiger partial charge on any atom is 0.322 e. The first kappa shape index (κ1) is 29.0. The maximum atomic E-state index is 13.4. The molecule has 0 atom stereocenters. The van der Waals surface area contributed by atoms with Crippen LogP contribution < -0.4 is 10.6 Å². The summed E-state index contributed by atoms with van der Waals surface area (Å²) >= 11 is 0. The second-order valence-electron chi connectivity index (χ2n) is 11.5. The Morgan fingerprint density at radius 2 is 1.55 bits per heavy atom. The van der Waals surface area contributed by atoms with Crippen molar-refractivity contribution >= 4 is 23.4 Å². The molecule has 0 aliphatic carbocycles. The van der Waals surface area contributed by atoms with E-state index in [1.165, 1.54) is 4.90 Å². The zero-order valence-electron chi connectivity index (χ0n) is 24.3. The van der Waals surface area contributed by atoms with Crippen LogP contribution in [0.5, 0.6) is 0 Å². The summed E-state index contributed by atoms with van der Waals surface area (Å²) in [4.78, 5) is 28.1. The summed E-state index contributed by atoms with van der Waals surface area (Å²) in [6.45, 7) is 18.9. The molecule has 0 unspecified atom stereocenters. The number of benzene rings is 2. The highest BCUT2D eigenvalue weighted by atomic mass is 16.2. The summed E-state index contributed by atoms with van der Waals surface area (Å²) in [5.41, 5.74) is 5.63. The number of nitrogens with zero attached hydrogens (tertiary/aromatic N) is 3. The summed E-state index contributed by atoms with van der Waals surface area (Å²) in [7, 11) is 0. The molecule has 0 saturated carbocycles. The SMILES string of the molecule is CCN(CC(=O)Nc1cc(C(C)(C)C)nn1-c1ccccc1C)C(=O)Nc1c(C(C)C)cccc1C(C)C. The number of hydrogen-bond acceptors (Lipinski definition) is 3. The van der Waals surface area contributed by atoms with Crippen LogP contribution in [-0.4, -0.2) is 39.7 Å². The lowest BCUT2D eigenvalue weighted by Gasteiger charge is -2.25. The first-order valence-corrected chi connectivity index (χ1v) is 13.5. The Morgan fingerprint density at radius 3 is 2.08 bits per heavy atom. The number of likely N-dealkylation sites (N-methyl/N-ethyl adjacent to an activating group) is 1. The van der Waals surface area contributed by atoms with Gasteiger partial charge in [-0.05, 0) is 48.4 Å². The van der Waals surface area contributed by atoms with E-state index in [4.69, 9.17) is 5.10 Å². The monoisotopic (exact) mass is 517 g/mol. The summed E-state index contributed by atoms with van der Waals surface area (Å²) in [5, 5.41) is 10.9. The third-order valence-corrected chi connectivity index (χ3v) is 6.70. The number of para-hydroxylation sites is 2. The smallest absolute Gasteiger partial charge is 0.315 e. The number of carbonyl (C=O) groups is 2. The van der Waals surface area contributed by atoms with Crippen LogP contribution in [0.4, 0.5) is 16.3 Å². The van der Waals surface area contributed by atoms with Crippen molar-refractivity contribution in [3.05, 3.63) is 70.9 Å². The summed E-state index contributed by atoms with van der Waals surface area (Å²) in [6, 6.07) is 15.7. The van der Waals surface area contributed by atoms with Crippen molar-refractivity contribution in [3.63, 3.8) is 0 Å². The molecule has 1 aromatic heterocycles. The number of aryl methyl sites for hydroxylation is 1. The molecule has 7 nitrogen and oxygen atoms in total. The highest BCUT2D eigenvalue weighted by Gasteiger charge is 2.24. The molecule has 0 saturated heterocycles. The van der Waals surface area contributed by atoms with Gasteiger partial charge in [0.15, 0.2) is 0 Å². The summed E-state index contributed by atoms with van der Waals surface area (Å²) < 4.78 is 1.78. The van der Waals surface area contributed by atoms with Crippen LogP contribution >= 0.6 is 0 Å². The number of urea groups is 1. The molecule has 2 aromatic carbocycles. The van der Waals surface area contributed by atoms with Crippen LogP contribution in [0.2, 0.25) is 0 Å². The quantitative estimate of drug-likeness (QED) is 0.331. The molecule has 0 fully saturated rings. The third kappa shape index (κ3) is 6.63. The van der Waals surface area contributed by atoms with Gasteiger partial charge >= 0.3 is 6.03 Å². The standard InChI is InChI=1S/C31H43N5O2/c1-10-35(30(38)33-29-23(20(2)3)15-13-16-24(29)21(4)5)19-28(37)32-27-18-26(31(7,8)9)34-36(27)25-17-12-11-14-22(25)6/h11-18,20-21H,10,19H2,1-9H3,(H,32,37)(H,33,38). The molecule has 0 radical (unpaired) electrons. The predicted octanol–water partition coefficient (Wildman–Crippen LogP) is 7.22. The van der Waals surface area contributed by atoms with Crippen LogP contribution in [0.3, 0.4) is 0 Å². The van der Waals surface area contributed by atoms with E-state index in [2.05, 4.69) is 71.2 Å². The third-order valence-electron chi connectivity index (χ3n) is 6.70. The van der Waals surface area contributed by atoms with E-state index in [-0.39, 0.29) is 35.7 Å². The highest BCUT2D eigenvalue weighted by molar-refractivity contribution is 5.97. The fourth-order valence-electron chi connectivity index (χ4n) is 4.39. The molecular formula is C31H43N5O2. The van der Waals surface area contributed by atoms with Crippen molar-refractivity contribution in [1.82, 2.24) is 14.7 Å². The first-order chi connectivity index (χ1) is 17.8. The normalized spacial score (nSPS) is 11.7. The van der Waals surface area contributed by atoms with E-state index in [1.54, 1.807) is 4.68 Å². The van der Waals surface area contributed by atoms with E-state index in [0.29, 0.717) is 12.4 Å². The highest BCUT2D eigenvalue weighted by Crippen LogP contribution is 2.33. The Bertz CT molecular complexity index is 1260. The van der Waals surface area contributed by atoms with Gasteiger partial charge in [0, 0.05) is 23.7 Å². The average Bonchev–Trinajstić information content (AvgIpc) is 3.26. The van der Waals surface area contributed by atoms with Crippen LogP contribution in [-0.2, 0) is 10.2 Å². The van der Waals surface area contributed by atoms with Gasteiger partial charge in [-0.15, -0.1) is 0 Å². The van der Waals surface area contributed by atoms with Crippen molar-refractivity contribution in [2.24, 2.45) is 0 Å². The molecule has 0 aliphatic heterocycles. The topological polar surface area (TPSA) is 79.3 Å². The number of nitrogens with one attached hydrogen (secondary N) is 2. The molecule has 38 heavy (non-hydrogen) atoms. The van der Waals surface area contributed by atoms with E-state index < -0.39 is 0 Å². The number of carbonyl (C=O) groups excluding carboxylic acids is 2. The van der Waals surface area contributed by atoms with Gasteiger partial charge in [0.1, 0.15) is 12.4 Å². The summed E-state index contributed by atoms with van der Waals surface area (Å²) in [6.07, 6.45) is 0. The molecule has 204 valence electrons. The van der Waals surface area contributed by atoms with Crippen molar-refractivity contribution in [2.45, 2.75) is 79.6 Å². The fourth-order valence-corrected chi connectivity index (χ4v) is 4.39. The molecular weight excluding hydrogens is 474 g/mol. The number of hydrogen-bond donors (Lipinski definition) is 2. The Hall–Kier alpha value is -3.61. The number of anilines is 2. The lowest BCUT2D eigenvalue weighted by atomic mass is 9.92. The molecule has 1 heterocycles. The zero-order valence-corrected chi connectivity index (χ0v) is 24.3. The molecule has 7 heteroatoms. The van der Waals surface area contributed by atoms with Gasteiger partial charge in [0.05, 0.1) is 11.4 Å². The van der Waals surface area contributed by atoms with E-state index >= 15 is 0 Å². The first-order valence-electron chi connectivity index (χ1n) is 13.5. The van der Waals surface area contributed by atoms with Crippen LogP contribution in [0.25, 0.3) is 5.69 Å². The van der Waals surface area contributed by atoms with E-state index in [1.807, 2.05) is 50.2 Å². The van der Waals surface area contributed by atoms with Gasteiger partial charge in [0.2, 0.25) is 5.91 Å².